The monoisotopic (exact) mass is 351 g/mol. The van der Waals surface area contributed by atoms with Gasteiger partial charge >= 0.3 is 11.7 Å². The minimum Gasteiger partial charge on any atom is -0.458 e. The second-order valence-electron chi connectivity index (χ2n) is 6.33. The fourth-order valence-electron chi connectivity index (χ4n) is 2.72. The van der Waals surface area contributed by atoms with Crippen LogP contribution in [0, 0.1) is 18.8 Å². The van der Waals surface area contributed by atoms with E-state index in [1.807, 2.05) is 0 Å². The van der Waals surface area contributed by atoms with Gasteiger partial charge in [0, 0.05) is 22.7 Å². The highest BCUT2D eigenvalue weighted by atomic mass is 16.6. The highest BCUT2D eigenvalue weighted by Gasteiger charge is 2.56. The van der Waals surface area contributed by atoms with E-state index in [1.54, 1.807) is 33.8 Å². The van der Waals surface area contributed by atoms with Gasteiger partial charge in [0.15, 0.2) is 0 Å². The molecule has 0 bridgehead atoms. The SMILES string of the molecule is Cc1ccn([C@@H]2O[C@@](CO)(N=[N+]=[N-])[C@@H](OC(=O)C(C)C)[C@@H]2C)c(=O)n1. The minimum absolute atomic E-state index is 0.419. The molecule has 10 heteroatoms. The number of hydrogen-bond donors (Lipinski definition) is 1. The molecule has 0 saturated carbocycles. The third-order valence-electron chi connectivity index (χ3n) is 4.10. The van der Waals surface area contributed by atoms with Crippen LogP contribution in [0.15, 0.2) is 22.2 Å². The highest BCUT2D eigenvalue weighted by Crippen LogP contribution is 2.43. The molecule has 1 saturated heterocycles. The standard InChI is InChI=1S/C15H21N5O5/c1-8(2)13(22)24-11-10(4)12(25-15(11,7-21)18-19-16)20-6-5-9(3)17-14(20)23/h5-6,8,10-12,21H,7H2,1-4H3/t10-,11-,12+,15+/m0/s1. The zero-order valence-electron chi connectivity index (χ0n) is 14.5. The summed E-state index contributed by atoms with van der Waals surface area (Å²) in [6.45, 7) is 5.96. The van der Waals surface area contributed by atoms with Crippen molar-refractivity contribution in [2.24, 2.45) is 17.0 Å². The first kappa shape index (κ1) is 18.9. The van der Waals surface area contributed by atoms with Crippen LogP contribution in [0.1, 0.15) is 32.7 Å². The zero-order valence-corrected chi connectivity index (χ0v) is 14.5. The van der Waals surface area contributed by atoms with E-state index in [-0.39, 0.29) is 0 Å². The van der Waals surface area contributed by atoms with Gasteiger partial charge in [-0.15, -0.1) is 0 Å². The van der Waals surface area contributed by atoms with Gasteiger partial charge in [0.25, 0.3) is 0 Å². The Hall–Kier alpha value is -2.42. The number of aliphatic hydroxyl groups is 1. The van der Waals surface area contributed by atoms with Crippen LogP contribution in [0.25, 0.3) is 10.4 Å². The molecule has 4 atom stereocenters. The fourth-order valence-corrected chi connectivity index (χ4v) is 2.72. The molecule has 1 aromatic heterocycles. The van der Waals surface area contributed by atoms with Gasteiger partial charge in [-0.3, -0.25) is 9.36 Å². The maximum absolute atomic E-state index is 12.2. The molecule has 1 N–H and O–H groups in total. The normalized spacial score (nSPS) is 28.6. The van der Waals surface area contributed by atoms with Crippen LogP contribution in [-0.4, -0.2) is 39.1 Å². The number of nitrogens with zero attached hydrogens (tertiary/aromatic N) is 5. The van der Waals surface area contributed by atoms with Gasteiger partial charge in [-0.1, -0.05) is 25.9 Å². The van der Waals surface area contributed by atoms with E-state index in [0.717, 1.165) is 0 Å². The summed E-state index contributed by atoms with van der Waals surface area (Å²) in [5.41, 5.74) is 7.04. The summed E-state index contributed by atoms with van der Waals surface area (Å²) in [4.78, 5) is 30.7. The molecule has 2 heterocycles. The molecular formula is C15H21N5O5. The van der Waals surface area contributed by atoms with Gasteiger partial charge in [0.1, 0.15) is 12.3 Å². The zero-order chi connectivity index (χ0) is 18.8. The summed E-state index contributed by atoms with van der Waals surface area (Å²) in [6, 6.07) is 1.62. The lowest BCUT2D eigenvalue weighted by Gasteiger charge is -2.28. The van der Waals surface area contributed by atoms with E-state index >= 15 is 0 Å². The van der Waals surface area contributed by atoms with Crippen LogP contribution in [0.5, 0.6) is 0 Å². The average molecular weight is 351 g/mol. The van der Waals surface area contributed by atoms with Gasteiger partial charge in [0.2, 0.25) is 5.72 Å². The molecule has 1 aliphatic heterocycles. The Kier molecular flexibility index (Phi) is 5.46. The van der Waals surface area contributed by atoms with E-state index in [0.29, 0.717) is 5.69 Å². The smallest absolute Gasteiger partial charge is 0.349 e. The van der Waals surface area contributed by atoms with Crippen LogP contribution in [0.4, 0.5) is 0 Å². The first-order valence-electron chi connectivity index (χ1n) is 7.87. The van der Waals surface area contributed by atoms with Gasteiger partial charge in [0.05, 0.1) is 12.5 Å². The molecule has 0 unspecified atom stereocenters. The largest absolute Gasteiger partial charge is 0.458 e. The predicted molar refractivity (Wildman–Crippen MR) is 86.2 cm³/mol. The van der Waals surface area contributed by atoms with Crippen molar-refractivity contribution in [3.63, 3.8) is 0 Å². The summed E-state index contributed by atoms with van der Waals surface area (Å²) < 4.78 is 12.4. The van der Waals surface area contributed by atoms with Crippen molar-refractivity contribution >= 4 is 5.97 Å². The van der Waals surface area contributed by atoms with Crippen molar-refractivity contribution in [3.8, 4) is 0 Å². The lowest BCUT2D eigenvalue weighted by atomic mass is 9.97. The molecule has 0 aliphatic carbocycles. The van der Waals surface area contributed by atoms with Gasteiger partial charge in [-0.05, 0) is 18.5 Å². The van der Waals surface area contributed by atoms with Crippen molar-refractivity contribution in [1.29, 1.82) is 0 Å². The summed E-state index contributed by atoms with van der Waals surface area (Å²) in [7, 11) is 0. The van der Waals surface area contributed by atoms with E-state index in [1.165, 1.54) is 10.8 Å². The molecule has 2 rings (SSSR count). The second-order valence-corrected chi connectivity index (χ2v) is 6.33. The molecular weight excluding hydrogens is 330 g/mol. The van der Waals surface area contributed by atoms with Crippen molar-refractivity contribution in [1.82, 2.24) is 9.55 Å². The Morgan fingerprint density at radius 3 is 2.84 bits per heavy atom. The molecule has 0 spiro atoms. The van der Waals surface area contributed by atoms with Gasteiger partial charge < -0.3 is 14.6 Å². The first-order valence-corrected chi connectivity index (χ1v) is 7.87. The first-order chi connectivity index (χ1) is 11.8. The van der Waals surface area contributed by atoms with Crippen LogP contribution in [0.3, 0.4) is 0 Å². The summed E-state index contributed by atoms with van der Waals surface area (Å²) in [5, 5.41) is 13.3. The third kappa shape index (κ3) is 3.51. The Balaban J connectivity index is 2.47. The average Bonchev–Trinajstić information content (AvgIpc) is 2.81. The molecule has 0 radical (unpaired) electrons. The van der Waals surface area contributed by atoms with Crippen LogP contribution in [-0.2, 0) is 14.3 Å². The maximum atomic E-state index is 12.2. The minimum atomic E-state index is -1.81. The highest BCUT2D eigenvalue weighted by molar-refractivity contribution is 5.71. The van der Waals surface area contributed by atoms with Crippen LogP contribution < -0.4 is 5.69 Å². The number of aryl methyl sites for hydroxylation is 1. The summed E-state index contributed by atoms with van der Waals surface area (Å²) in [5.74, 6) is -1.51. The van der Waals surface area contributed by atoms with Gasteiger partial charge in [-0.2, -0.15) is 4.98 Å². The molecule has 0 aromatic carbocycles. The number of aromatic nitrogens is 2. The quantitative estimate of drug-likeness (QED) is 0.367. The van der Waals surface area contributed by atoms with E-state index in [4.69, 9.17) is 15.0 Å². The van der Waals surface area contributed by atoms with Gasteiger partial charge in [-0.25, -0.2) is 4.79 Å². The number of carbonyl (C=O) groups excluding carboxylic acids is 1. The second kappa shape index (κ2) is 7.22. The van der Waals surface area contributed by atoms with Crippen LogP contribution >= 0.6 is 0 Å². The lowest BCUT2D eigenvalue weighted by molar-refractivity contribution is -0.170. The number of carbonyl (C=O) groups is 1. The number of hydrogen-bond acceptors (Lipinski definition) is 7. The topological polar surface area (TPSA) is 139 Å². The molecule has 0 amide bonds. The molecule has 25 heavy (non-hydrogen) atoms. The number of aliphatic hydroxyl groups excluding tert-OH is 1. The van der Waals surface area contributed by atoms with Crippen molar-refractivity contribution in [2.75, 3.05) is 6.61 Å². The number of esters is 1. The molecule has 1 aliphatic rings. The van der Waals surface area contributed by atoms with Crippen LogP contribution in [0.2, 0.25) is 0 Å². The Morgan fingerprint density at radius 2 is 2.32 bits per heavy atom. The molecule has 1 fully saturated rings. The van der Waals surface area contributed by atoms with Crippen molar-refractivity contribution in [3.05, 3.63) is 38.9 Å². The third-order valence-corrected chi connectivity index (χ3v) is 4.10. The number of azide groups is 1. The lowest BCUT2D eigenvalue weighted by Crippen LogP contribution is -2.45. The summed E-state index contributed by atoms with van der Waals surface area (Å²) >= 11 is 0. The Bertz CT molecular complexity index is 757. The van der Waals surface area contributed by atoms with Crippen molar-refractivity contribution in [2.45, 2.75) is 45.8 Å². The number of ether oxygens (including phenoxy) is 2. The molecule has 10 nitrogen and oxygen atoms in total. The van der Waals surface area contributed by atoms with E-state index in [9.17, 15) is 14.7 Å². The predicted octanol–water partition coefficient (Wildman–Crippen LogP) is 1.28. The van der Waals surface area contributed by atoms with E-state index in [2.05, 4.69) is 15.0 Å². The Labute approximate surface area is 144 Å². The summed E-state index contributed by atoms with van der Waals surface area (Å²) in [6.07, 6.45) is -0.471. The van der Waals surface area contributed by atoms with E-state index < -0.39 is 48.2 Å². The molecule has 136 valence electrons. The fraction of sp³-hybridized carbons (Fsp3) is 0.667. The number of rotatable bonds is 5. The molecule has 1 aromatic rings. The Morgan fingerprint density at radius 1 is 1.64 bits per heavy atom. The maximum Gasteiger partial charge on any atom is 0.349 e. The van der Waals surface area contributed by atoms with Crippen molar-refractivity contribution < 1.29 is 19.4 Å².